The van der Waals surface area contributed by atoms with Crippen LogP contribution < -0.4 is 10.6 Å². The zero-order chi connectivity index (χ0) is 15.9. The summed E-state index contributed by atoms with van der Waals surface area (Å²) in [6.45, 7) is 3.80. The van der Waals surface area contributed by atoms with E-state index >= 15 is 0 Å². The Morgan fingerprint density at radius 1 is 1.09 bits per heavy atom. The van der Waals surface area contributed by atoms with Crippen LogP contribution >= 0.6 is 0 Å². The fraction of sp³-hybridized carbons (Fsp3) is 0.235. The number of anilines is 2. The molecule has 1 aromatic heterocycles. The molecule has 0 saturated heterocycles. The maximum atomic E-state index is 12.2. The van der Waals surface area contributed by atoms with E-state index in [1.54, 1.807) is 30.3 Å². The van der Waals surface area contributed by atoms with E-state index in [-0.39, 0.29) is 11.8 Å². The number of aryl methyl sites for hydroxylation is 1. The number of amides is 2. The Morgan fingerprint density at radius 2 is 1.86 bits per heavy atom. The summed E-state index contributed by atoms with van der Waals surface area (Å²) in [6, 6.07) is 12.3. The van der Waals surface area contributed by atoms with Crippen LogP contribution in [0.2, 0.25) is 0 Å². The molecule has 0 aliphatic rings. The summed E-state index contributed by atoms with van der Waals surface area (Å²) in [5, 5.41) is 5.52. The Hall–Kier alpha value is -2.69. The fourth-order valence-corrected chi connectivity index (χ4v) is 1.99. The predicted molar refractivity (Wildman–Crippen MR) is 86.9 cm³/mol. The highest BCUT2D eigenvalue weighted by Gasteiger charge is 2.08. The second-order valence-electron chi connectivity index (χ2n) is 5.00. The second kappa shape index (κ2) is 7.36. The average molecular weight is 297 g/mol. The van der Waals surface area contributed by atoms with Gasteiger partial charge < -0.3 is 10.6 Å². The SMILES string of the molecule is CCCC(=O)Nc1cccc(C(=O)Nc2cccc(C)n2)c1. The van der Waals surface area contributed by atoms with Gasteiger partial charge in [0.1, 0.15) is 5.82 Å². The minimum absolute atomic E-state index is 0.0552. The van der Waals surface area contributed by atoms with Gasteiger partial charge in [-0.3, -0.25) is 9.59 Å². The van der Waals surface area contributed by atoms with Gasteiger partial charge in [0, 0.05) is 23.4 Å². The maximum absolute atomic E-state index is 12.2. The minimum atomic E-state index is -0.260. The Balaban J connectivity index is 2.08. The number of hydrogen-bond acceptors (Lipinski definition) is 3. The molecule has 0 atom stereocenters. The molecule has 1 heterocycles. The molecule has 1 aromatic carbocycles. The molecule has 0 aliphatic heterocycles. The molecule has 114 valence electrons. The minimum Gasteiger partial charge on any atom is -0.326 e. The number of aromatic nitrogens is 1. The summed E-state index contributed by atoms with van der Waals surface area (Å²) < 4.78 is 0. The average Bonchev–Trinajstić information content (AvgIpc) is 2.47. The van der Waals surface area contributed by atoms with Crippen molar-refractivity contribution >= 4 is 23.3 Å². The van der Waals surface area contributed by atoms with Gasteiger partial charge in [0.2, 0.25) is 5.91 Å². The highest BCUT2D eigenvalue weighted by atomic mass is 16.2. The lowest BCUT2D eigenvalue weighted by atomic mass is 10.2. The van der Waals surface area contributed by atoms with Crippen molar-refractivity contribution in [3.63, 3.8) is 0 Å². The first kappa shape index (κ1) is 15.7. The van der Waals surface area contributed by atoms with E-state index in [1.807, 2.05) is 26.0 Å². The van der Waals surface area contributed by atoms with Crippen LogP contribution in [0.1, 0.15) is 35.8 Å². The van der Waals surface area contributed by atoms with Crippen molar-refractivity contribution in [3.8, 4) is 0 Å². The molecule has 0 fully saturated rings. The van der Waals surface area contributed by atoms with Gasteiger partial charge in [-0.1, -0.05) is 19.1 Å². The molecule has 0 saturated carbocycles. The molecular formula is C17H19N3O2. The largest absolute Gasteiger partial charge is 0.326 e. The van der Waals surface area contributed by atoms with Gasteiger partial charge in [-0.2, -0.15) is 0 Å². The van der Waals surface area contributed by atoms with E-state index < -0.39 is 0 Å². The molecule has 5 nitrogen and oxygen atoms in total. The summed E-state index contributed by atoms with van der Waals surface area (Å²) in [5.74, 6) is 0.190. The molecule has 0 unspecified atom stereocenters. The van der Waals surface area contributed by atoms with E-state index in [2.05, 4.69) is 15.6 Å². The lowest BCUT2D eigenvalue weighted by Crippen LogP contribution is -2.15. The van der Waals surface area contributed by atoms with E-state index in [0.29, 0.717) is 23.5 Å². The first-order chi connectivity index (χ1) is 10.6. The van der Waals surface area contributed by atoms with E-state index in [4.69, 9.17) is 0 Å². The number of hydrogen-bond donors (Lipinski definition) is 2. The predicted octanol–water partition coefficient (Wildman–Crippen LogP) is 3.38. The topological polar surface area (TPSA) is 71.1 Å². The Kier molecular flexibility index (Phi) is 5.25. The zero-order valence-electron chi connectivity index (χ0n) is 12.7. The third kappa shape index (κ3) is 4.41. The van der Waals surface area contributed by atoms with Crippen molar-refractivity contribution in [2.75, 3.05) is 10.6 Å². The summed E-state index contributed by atoms with van der Waals surface area (Å²) >= 11 is 0. The molecular weight excluding hydrogens is 278 g/mol. The standard InChI is InChI=1S/C17H19N3O2/c1-3-6-16(21)19-14-9-5-8-13(11-14)17(22)20-15-10-4-7-12(2)18-15/h4-5,7-11H,3,6H2,1-2H3,(H,19,21)(H,18,20,22). The van der Waals surface area contributed by atoms with E-state index in [0.717, 1.165) is 12.1 Å². The van der Waals surface area contributed by atoms with Crippen LogP contribution in [0.15, 0.2) is 42.5 Å². The highest BCUT2D eigenvalue weighted by Crippen LogP contribution is 2.13. The molecule has 0 spiro atoms. The Labute approximate surface area is 129 Å². The normalized spacial score (nSPS) is 10.1. The highest BCUT2D eigenvalue weighted by molar-refractivity contribution is 6.04. The third-order valence-corrected chi connectivity index (χ3v) is 3.02. The summed E-state index contributed by atoms with van der Waals surface area (Å²) in [6.07, 6.45) is 1.24. The van der Waals surface area contributed by atoms with Crippen molar-refractivity contribution in [2.45, 2.75) is 26.7 Å². The molecule has 2 N–H and O–H groups in total. The first-order valence-electron chi connectivity index (χ1n) is 7.23. The smallest absolute Gasteiger partial charge is 0.256 e. The Bertz CT molecular complexity index is 683. The number of pyridine rings is 1. The molecule has 5 heteroatoms. The third-order valence-electron chi connectivity index (χ3n) is 3.02. The number of carbonyl (C=O) groups excluding carboxylic acids is 2. The quantitative estimate of drug-likeness (QED) is 0.888. The number of rotatable bonds is 5. The molecule has 0 radical (unpaired) electrons. The van der Waals surface area contributed by atoms with Crippen molar-refractivity contribution in [1.29, 1.82) is 0 Å². The molecule has 0 aliphatic carbocycles. The molecule has 2 amide bonds. The number of nitrogens with zero attached hydrogens (tertiary/aromatic N) is 1. The van der Waals surface area contributed by atoms with Gasteiger partial charge in [-0.05, 0) is 43.7 Å². The van der Waals surface area contributed by atoms with E-state index in [9.17, 15) is 9.59 Å². The molecule has 22 heavy (non-hydrogen) atoms. The number of carbonyl (C=O) groups is 2. The zero-order valence-corrected chi connectivity index (χ0v) is 12.7. The van der Waals surface area contributed by atoms with Gasteiger partial charge in [-0.15, -0.1) is 0 Å². The van der Waals surface area contributed by atoms with Crippen molar-refractivity contribution in [2.24, 2.45) is 0 Å². The number of nitrogens with one attached hydrogen (secondary N) is 2. The van der Waals surface area contributed by atoms with Crippen molar-refractivity contribution in [1.82, 2.24) is 4.98 Å². The summed E-state index contributed by atoms with van der Waals surface area (Å²) in [5.41, 5.74) is 1.92. The van der Waals surface area contributed by atoms with Crippen molar-refractivity contribution < 1.29 is 9.59 Å². The Morgan fingerprint density at radius 3 is 2.59 bits per heavy atom. The van der Waals surface area contributed by atoms with Crippen LogP contribution in [0.3, 0.4) is 0 Å². The molecule has 2 aromatic rings. The van der Waals surface area contributed by atoms with Crippen LogP contribution in [0.5, 0.6) is 0 Å². The van der Waals surface area contributed by atoms with Gasteiger partial charge in [0.25, 0.3) is 5.91 Å². The van der Waals surface area contributed by atoms with Crippen molar-refractivity contribution in [3.05, 3.63) is 53.7 Å². The van der Waals surface area contributed by atoms with Crippen LogP contribution in [0.25, 0.3) is 0 Å². The molecule has 0 bridgehead atoms. The van der Waals surface area contributed by atoms with Gasteiger partial charge in [-0.25, -0.2) is 4.98 Å². The lowest BCUT2D eigenvalue weighted by Gasteiger charge is -2.08. The maximum Gasteiger partial charge on any atom is 0.256 e. The first-order valence-corrected chi connectivity index (χ1v) is 7.23. The van der Waals surface area contributed by atoms with Gasteiger partial charge in [0.15, 0.2) is 0 Å². The van der Waals surface area contributed by atoms with Gasteiger partial charge >= 0.3 is 0 Å². The van der Waals surface area contributed by atoms with Crippen LogP contribution in [-0.4, -0.2) is 16.8 Å². The van der Waals surface area contributed by atoms with Crippen LogP contribution in [-0.2, 0) is 4.79 Å². The lowest BCUT2D eigenvalue weighted by molar-refractivity contribution is -0.116. The molecule has 2 rings (SSSR count). The van der Waals surface area contributed by atoms with Gasteiger partial charge in [0.05, 0.1) is 0 Å². The van der Waals surface area contributed by atoms with E-state index in [1.165, 1.54) is 0 Å². The fourth-order valence-electron chi connectivity index (χ4n) is 1.99. The monoisotopic (exact) mass is 297 g/mol. The summed E-state index contributed by atoms with van der Waals surface area (Å²) in [4.78, 5) is 28.1. The summed E-state index contributed by atoms with van der Waals surface area (Å²) in [7, 11) is 0. The second-order valence-corrected chi connectivity index (χ2v) is 5.00. The number of benzene rings is 1. The van der Waals surface area contributed by atoms with Crippen LogP contribution in [0, 0.1) is 6.92 Å². The van der Waals surface area contributed by atoms with Crippen LogP contribution in [0.4, 0.5) is 11.5 Å².